The van der Waals surface area contributed by atoms with Gasteiger partial charge in [0.05, 0.1) is 23.4 Å². The summed E-state index contributed by atoms with van der Waals surface area (Å²) in [6, 6.07) is 2.92. The Hall–Kier alpha value is -2.19. The van der Waals surface area contributed by atoms with Gasteiger partial charge in [-0.25, -0.2) is 0 Å². The molecule has 0 bridgehead atoms. The van der Waals surface area contributed by atoms with E-state index in [0.29, 0.717) is 37.6 Å². The summed E-state index contributed by atoms with van der Waals surface area (Å²) in [5.41, 5.74) is 6.28. The summed E-state index contributed by atoms with van der Waals surface area (Å²) in [6.45, 7) is 3.80. The third-order valence-electron chi connectivity index (χ3n) is 4.27. The second-order valence-electron chi connectivity index (χ2n) is 5.97. The Bertz CT molecular complexity index is 706. The second kappa shape index (κ2) is 10.2. The molecule has 1 aromatic carbocycles. The highest BCUT2D eigenvalue weighted by Gasteiger charge is 2.22. The monoisotopic (exact) mass is 418 g/mol. The predicted molar refractivity (Wildman–Crippen MR) is 105 cm³/mol. The van der Waals surface area contributed by atoms with E-state index in [2.05, 4.69) is 5.32 Å². The smallest absolute Gasteiger partial charge is 0.255 e. The van der Waals surface area contributed by atoms with Crippen molar-refractivity contribution in [2.75, 3.05) is 45.6 Å². The lowest BCUT2D eigenvalue weighted by atomic mass is 10.1. The van der Waals surface area contributed by atoms with E-state index >= 15 is 0 Å². The molecule has 10 heteroatoms. The Kier molecular flexibility index (Phi) is 8.65. The van der Waals surface area contributed by atoms with Crippen molar-refractivity contribution in [3.63, 3.8) is 0 Å². The van der Waals surface area contributed by atoms with Gasteiger partial charge in [0.25, 0.3) is 5.91 Å². The minimum absolute atomic E-state index is 0. The summed E-state index contributed by atoms with van der Waals surface area (Å²) in [7, 11) is 1.43. The number of carbonyl (C=O) groups excluding carboxylic acids is 3. The summed E-state index contributed by atoms with van der Waals surface area (Å²) < 4.78 is 5.15. The SMILES string of the molecule is COc1cc(N)c(Cl)cc1C(=O)NCCC(=O)N1CCN(C(C)=O)CC1.Cl. The fourth-order valence-electron chi connectivity index (χ4n) is 2.72. The van der Waals surface area contributed by atoms with E-state index in [1.54, 1.807) is 9.80 Å². The molecule has 0 spiro atoms. The first-order chi connectivity index (χ1) is 12.3. The van der Waals surface area contributed by atoms with Gasteiger partial charge in [-0.05, 0) is 6.07 Å². The number of hydrogen-bond donors (Lipinski definition) is 2. The van der Waals surface area contributed by atoms with E-state index in [-0.39, 0.29) is 47.8 Å². The van der Waals surface area contributed by atoms with Gasteiger partial charge in [0.1, 0.15) is 5.75 Å². The van der Waals surface area contributed by atoms with Gasteiger partial charge in [-0.3, -0.25) is 14.4 Å². The highest BCUT2D eigenvalue weighted by Crippen LogP contribution is 2.28. The molecule has 1 aliphatic heterocycles. The number of nitrogens with zero attached hydrogens (tertiary/aromatic N) is 2. The van der Waals surface area contributed by atoms with Gasteiger partial charge >= 0.3 is 0 Å². The van der Waals surface area contributed by atoms with Crippen molar-refractivity contribution in [3.05, 3.63) is 22.7 Å². The molecule has 1 saturated heterocycles. The van der Waals surface area contributed by atoms with Gasteiger partial charge in [0, 0.05) is 52.1 Å². The molecule has 0 unspecified atom stereocenters. The molecule has 3 amide bonds. The molecule has 1 heterocycles. The Labute approximate surface area is 169 Å². The Morgan fingerprint density at radius 2 is 1.78 bits per heavy atom. The van der Waals surface area contributed by atoms with Crippen LogP contribution in [0.25, 0.3) is 0 Å². The molecule has 8 nitrogen and oxygen atoms in total. The van der Waals surface area contributed by atoms with E-state index < -0.39 is 5.91 Å². The average molecular weight is 419 g/mol. The summed E-state index contributed by atoms with van der Waals surface area (Å²) in [5, 5.41) is 2.95. The predicted octanol–water partition coefficient (Wildman–Crippen LogP) is 1.16. The van der Waals surface area contributed by atoms with Crippen LogP contribution >= 0.6 is 24.0 Å². The zero-order valence-corrected chi connectivity index (χ0v) is 16.9. The quantitative estimate of drug-likeness (QED) is 0.697. The number of benzene rings is 1. The third kappa shape index (κ3) is 5.90. The van der Waals surface area contributed by atoms with E-state index in [9.17, 15) is 14.4 Å². The second-order valence-corrected chi connectivity index (χ2v) is 6.37. The number of methoxy groups -OCH3 is 1. The van der Waals surface area contributed by atoms with Crippen LogP contribution in [0.5, 0.6) is 5.75 Å². The first kappa shape index (κ1) is 22.9. The summed E-state index contributed by atoms with van der Waals surface area (Å²) in [5.74, 6) is -0.120. The lowest BCUT2D eigenvalue weighted by molar-refractivity contribution is -0.138. The molecule has 1 aliphatic rings. The molecule has 2 rings (SSSR count). The van der Waals surface area contributed by atoms with Crippen LogP contribution in [-0.2, 0) is 9.59 Å². The van der Waals surface area contributed by atoms with Crippen LogP contribution in [0.3, 0.4) is 0 Å². The minimum atomic E-state index is -0.391. The maximum Gasteiger partial charge on any atom is 0.255 e. The van der Waals surface area contributed by atoms with Gasteiger partial charge in [-0.15, -0.1) is 12.4 Å². The topological polar surface area (TPSA) is 105 Å². The van der Waals surface area contributed by atoms with E-state index in [1.807, 2.05) is 0 Å². The molecule has 0 aliphatic carbocycles. The maximum atomic E-state index is 12.3. The highest BCUT2D eigenvalue weighted by molar-refractivity contribution is 6.33. The molecule has 150 valence electrons. The summed E-state index contributed by atoms with van der Waals surface area (Å²) in [6.07, 6.45) is 0.177. The average Bonchev–Trinajstić information content (AvgIpc) is 2.63. The molecule has 0 atom stereocenters. The van der Waals surface area contributed by atoms with Crippen LogP contribution in [0.1, 0.15) is 23.7 Å². The van der Waals surface area contributed by atoms with Crippen LogP contribution < -0.4 is 15.8 Å². The van der Waals surface area contributed by atoms with E-state index in [1.165, 1.54) is 26.2 Å². The lowest BCUT2D eigenvalue weighted by Crippen LogP contribution is -2.50. The fourth-order valence-corrected chi connectivity index (χ4v) is 2.89. The molecule has 0 saturated carbocycles. The van der Waals surface area contributed by atoms with Crippen molar-refractivity contribution in [1.82, 2.24) is 15.1 Å². The molecule has 0 aromatic heterocycles. The number of nitrogen functional groups attached to an aromatic ring is 1. The Morgan fingerprint density at radius 3 is 2.33 bits per heavy atom. The minimum Gasteiger partial charge on any atom is -0.496 e. The summed E-state index contributed by atoms with van der Waals surface area (Å²) in [4.78, 5) is 39.2. The van der Waals surface area contributed by atoms with Crippen LogP contribution in [0, 0.1) is 0 Å². The number of rotatable bonds is 5. The van der Waals surface area contributed by atoms with Crippen molar-refractivity contribution >= 4 is 47.4 Å². The number of halogens is 2. The van der Waals surface area contributed by atoms with Crippen molar-refractivity contribution in [2.24, 2.45) is 0 Å². The number of hydrogen-bond acceptors (Lipinski definition) is 5. The van der Waals surface area contributed by atoms with Gasteiger partial charge < -0.3 is 25.6 Å². The number of amides is 3. The zero-order chi connectivity index (χ0) is 19.3. The maximum absolute atomic E-state index is 12.3. The molecular weight excluding hydrogens is 395 g/mol. The summed E-state index contributed by atoms with van der Waals surface area (Å²) >= 11 is 5.96. The van der Waals surface area contributed by atoms with Crippen LogP contribution in [-0.4, -0.2) is 67.4 Å². The normalized spacial score (nSPS) is 13.6. The first-order valence-corrected chi connectivity index (χ1v) is 8.65. The molecule has 27 heavy (non-hydrogen) atoms. The molecule has 1 fully saturated rings. The first-order valence-electron chi connectivity index (χ1n) is 8.28. The van der Waals surface area contributed by atoms with Crippen LogP contribution in [0.4, 0.5) is 5.69 Å². The molecule has 3 N–H and O–H groups in total. The molecule has 0 radical (unpaired) electrons. The number of carbonyl (C=O) groups is 3. The van der Waals surface area contributed by atoms with E-state index in [0.717, 1.165) is 0 Å². The van der Waals surface area contributed by atoms with Crippen LogP contribution in [0.2, 0.25) is 5.02 Å². The number of nitrogens with one attached hydrogen (secondary N) is 1. The number of anilines is 1. The van der Waals surface area contributed by atoms with Crippen molar-refractivity contribution < 1.29 is 19.1 Å². The third-order valence-corrected chi connectivity index (χ3v) is 4.59. The molecule has 1 aromatic rings. The van der Waals surface area contributed by atoms with Gasteiger partial charge in [-0.1, -0.05) is 11.6 Å². The van der Waals surface area contributed by atoms with Gasteiger partial charge in [0.2, 0.25) is 11.8 Å². The largest absolute Gasteiger partial charge is 0.496 e. The van der Waals surface area contributed by atoms with E-state index in [4.69, 9.17) is 22.1 Å². The Morgan fingerprint density at radius 1 is 1.19 bits per heavy atom. The van der Waals surface area contributed by atoms with Crippen molar-refractivity contribution in [1.29, 1.82) is 0 Å². The van der Waals surface area contributed by atoms with Crippen molar-refractivity contribution in [3.8, 4) is 5.75 Å². The lowest BCUT2D eigenvalue weighted by Gasteiger charge is -2.34. The standard InChI is InChI=1S/C17H23ClN4O4.ClH/c1-11(23)21-5-7-22(8-6-21)16(24)3-4-20-17(25)12-9-13(18)14(19)10-15(12)26-2;/h9-10H,3-8,19H2,1-2H3,(H,20,25);1H. The van der Waals surface area contributed by atoms with Gasteiger partial charge in [-0.2, -0.15) is 0 Å². The van der Waals surface area contributed by atoms with Gasteiger partial charge in [0.15, 0.2) is 0 Å². The number of piperazine rings is 1. The zero-order valence-electron chi connectivity index (χ0n) is 15.3. The van der Waals surface area contributed by atoms with Crippen molar-refractivity contribution in [2.45, 2.75) is 13.3 Å². The number of nitrogens with two attached hydrogens (primary N) is 1. The fraction of sp³-hybridized carbons (Fsp3) is 0.471. The van der Waals surface area contributed by atoms with Crippen LogP contribution in [0.15, 0.2) is 12.1 Å². The number of ether oxygens (including phenoxy) is 1. The molecular formula is C17H24Cl2N4O4. The highest BCUT2D eigenvalue weighted by atomic mass is 35.5. The Balaban J connectivity index is 0.00000364.